The van der Waals surface area contributed by atoms with Crippen LogP contribution < -0.4 is 5.32 Å². The van der Waals surface area contributed by atoms with Crippen LogP contribution in [0.3, 0.4) is 0 Å². The minimum Gasteiger partial charge on any atom is -0.374 e. The van der Waals surface area contributed by atoms with Crippen molar-refractivity contribution in [3.05, 3.63) is 0 Å². The highest BCUT2D eigenvalue weighted by Crippen LogP contribution is 2.19. The van der Waals surface area contributed by atoms with Crippen LogP contribution in [0.2, 0.25) is 0 Å². The van der Waals surface area contributed by atoms with Crippen LogP contribution in [-0.2, 0) is 4.74 Å². The lowest BCUT2D eigenvalue weighted by Crippen LogP contribution is -2.60. The third kappa shape index (κ3) is 5.62. The highest BCUT2D eigenvalue weighted by atomic mass is 19.3. The van der Waals surface area contributed by atoms with Crippen molar-refractivity contribution in [1.29, 1.82) is 0 Å². The summed E-state index contributed by atoms with van der Waals surface area (Å²) in [6.45, 7) is 11.5. The van der Waals surface area contributed by atoms with E-state index in [-0.39, 0.29) is 0 Å². The third-order valence-corrected chi connectivity index (χ3v) is 4.36. The maximum atomic E-state index is 12.1. The minimum atomic E-state index is -2.37. The lowest BCUT2D eigenvalue weighted by atomic mass is 9.92. The number of halogens is 2. The van der Waals surface area contributed by atoms with Crippen LogP contribution in [0.5, 0.6) is 0 Å². The Balaban J connectivity index is 2.46. The molecule has 1 rings (SSSR count). The van der Waals surface area contributed by atoms with E-state index in [1.54, 1.807) is 0 Å². The summed E-state index contributed by atoms with van der Waals surface area (Å²) in [5, 5.41) is 3.64. The molecule has 0 aliphatic carbocycles. The van der Waals surface area contributed by atoms with E-state index in [2.05, 4.69) is 37.9 Å². The predicted molar refractivity (Wildman–Crippen MR) is 78.3 cm³/mol. The maximum Gasteiger partial charge on any atom is 0.261 e. The van der Waals surface area contributed by atoms with Gasteiger partial charge in [-0.05, 0) is 11.8 Å². The average Bonchev–Trinajstić information content (AvgIpc) is 2.42. The molecule has 1 fully saturated rings. The van der Waals surface area contributed by atoms with Gasteiger partial charge >= 0.3 is 0 Å². The van der Waals surface area contributed by atoms with Crippen LogP contribution in [0, 0.1) is 11.8 Å². The van der Waals surface area contributed by atoms with Crippen molar-refractivity contribution >= 4 is 0 Å². The van der Waals surface area contributed by atoms with Gasteiger partial charge in [0.1, 0.15) is 6.61 Å². The van der Waals surface area contributed by atoms with Crippen molar-refractivity contribution in [2.75, 3.05) is 32.8 Å². The van der Waals surface area contributed by atoms with Crippen LogP contribution in [-0.4, -0.2) is 56.3 Å². The number of hydrogen-bond acceptors (Lipinski definition) is 3. The summed E-state index contributed by atoms with van der Waals surface area (Å²) in [6.07, 6.45) is -1.22. The molecule has 20 heavy (non-hydrogen) atoms. The second-order valence-electron chi connectivity index (χ2n) is 6.17. The molecule has 0 aromatic rings. The number of alkyl halides is 2. The van der Waals surface area contributed by atoms with Gasteiger partial charge in [-0.1, -0.05) is 34.1 Å². The molecular weight excluding hydrogens is 262 g/mol. The molecule has 1 N–H and O–H groups in total. The largest absolute Gasteiger partial charge is 0.374 e. The monoisotopic (exact) mass is 292 g/mol. The molecule has 1 saturated heterocycles. The molecular formula is C15H30F2N2O. The first-order valence-electron chi connectivity index (χ1n) is 7.79. The van der Waals surface area contributed by atoms with Gasteiger partial charge in [0, 0.05) is 31.7 Å². The van der Waals surface area contributed by atoms with E-state index in [1.807, 2.05) is 0 Å². The molecule has 0 saturated carbocycles. The first kappa shape index (κ1) is 17.8. The second kappa shape index (κ2) is 8.90. The van der Waals surface area contributed by atoms with E-state index in [1.165, 1.54) is 0 Å². The van der Waals surface area contributed by atoms with E-state index < -0.39 is 13.0 Å². The van der Waals surface area contributed by atoms with E-state index in [4.69, 9.17) is 4.74 Å². The molecule has 3 unspecified atom stereocenters. The first-order chi connectivity index (χ1) is 9.45. The summed E-state index contributed by atoms with van der Waals surface area (Å²) in [5.74, 6) is 1.18. The Morgan fingerprint density at radius 1 is 1.30 bits per heavy atom. The van der Waals surface area contributed by atoms with E-state index >= 15 is 0 Å². The summed E-state index contributed by atoms with van der Waals surface area (Å²) in [6, 6.07) is 0.954. The predicted octanol–water partition coefficient (Wildman–Crippen LogP) is 2.61. The number of nitrogens with zero attached hydrogens (tertiary/aromatic N) is 1. The molecule has 0 aromatic carbocycles. The summed E-state index contributed by atoms with van der Waals surface area (Å²) >= 11 is 0. The quantitative estimate of drug-likeness (QED) is 0.696. The van der Waals surface area contributed by atoms with Crippen LogP contribution in [0.4, 0.5) is 8.78 Å². The average molecular weight is 292 g/mol. The number of ether oxygens (including phenoxy) is 1. The molecule has 1 aliphatic rings. The standard InChI is InChI=1S/C15H30F2N2O/c1-5-12(4)13-9-19(6-7-20-10-15(16)17)14(8-18-13)11(2)3/h11-15,18H,5-10H2,1-4H3. The van der Waals surface area contributed by atoms with Crippen molar-refractivity contribution < 1.29 is 13.5 Å². The molecule has 1 aliphatic heterocycles. The van der Waals surface area contributed by atoms with Gasteiger partial charge in [-0.2, -0.15) is 0 Å². The summed E-state index contributed by atoms with van der Waals surface area (Å²) in [4.78, 5) is 2.41. The van der Waals surface area contributed by atoms with Crippen molar-refractivity contribution in [2.24, 2.45) is 11.8 Å². The Morgan fingerprint density at radius 2 is 2.00 bits per heavy atom. The number of piperazine rings is 1. The molecule has 0 bridgehead atoms. The Hall–Kier alpha value is -0.260. The van der Waals surface area contributed by atoms with Gasteiger partial charge in [-0.15, -0.1) is 0 Å². The van der Waals surface area contributed by atoms with Gasteiger partial charge in [0.05, 0.1) is 6.61 Å². The number of nitrogens with one attached hydrogen (secondary N) is 1. The molecule has 0 spiro atoms. The zero-order chi connectivity index (χ0) is 15.1. The fourth-order valence-electron chi connectivity index (χ4n) is 2.79. The Labute approximate surface area is 122 Å². The lowest BCUT2D eigenvalue weighted by molar-refractivity contribution is -0.00460. The topological polar surface area (TPSA) is 24.5 Å². The van der Waals surface area contributed by atoms with E-state index in [0.29, 0.717) is 30.5 Å². The molecule has 3 atom stereocenters. The van der Waals surface area contributed by atoms with Crippen LogP contribution in [0.1, 0.15) is 34.1 Å². The zero-order valence-corrected chi connectivity index (χ0v) is 13.2. The SMILES string of the molecule is CCC(C)C1CN(CCOCC(F)F)C(C(C)C)CN1. The van der Waals surface area contributed by atoms with Crippen molar-refractivity contribution in [2.45, 2.75) is 52.6 Å². The molecule has 1 heterocycles. The molecule has 0 aromatic heterocycles. The van der Waals surface area contributed by atoms with Crippen LogP contribution in [0.25, 0.3) is 0 Å². The highest BCUT2D eigenvalue weighted by molar-refractivity contribution is 4.89. The summed E-state index contributed by atoms with van der Waals surface area (Å²) in [7, 11) is 0. The molecule has 0 radical (unpaired) electrons. The van der Waals surface area contributed by atoms with Crippen LogP contribution >= 0.6 is 0 Å². The summed E-state index contributed by atoms with van der Waals surface area (Å²) in [5.41, 5.74) is 0. The maximum absolute atomic E-state index is 12.1. The highest BCUT2D eigenvalue weighted by Gasteiger charge is 2.31. The lowest BCUT2D eigenvalue weighted by Gasteiger charge is -2.44. The van der Waals surface area contributed by atoms with Crippen molar-refractivity contribution in [3.63, 3.8) is 0 Å². The number of rotatable bonds is 8. The fraction of sp³-hybridized carbons (Fsp3) is 1.00. The zero-order valence-electron chi connectivity index (χ0n) is 13.2. The van der Waals surface area contributed by atoms with Gasteiger partial charge in [0.25, 0.3) is 6.43 Å². The van der Waals surface area contributed by atoms with Gasteiger partial charge in [-0.3, -0.25) is 4.90 Å². The van der Waals surface area contributed by atoms with Crippen LogP contribution in [0.15, 0.2) is 0 Å². The van der Waals surface area contributed by atoms with Gasteiger partial charge in [-0.25, -0.2) is 8.78 Å². The molecule has 120 valence electrons. The van der Waals surface area contributed by atoms with Gasteiger partial charge < -0.3 is 10.1 Å². The molecule has 5 heteroatoms. The van der Waals surface area contributed by atoms with Gasteiger partial charge in [0.2, 0.25) is 0 Å². The smallest absolute Gasteiger partial charge is 0.261 e. The first-order valence-corrected chi connectivity index (χ1v) is 7.79. The van der Waals surface area contributed by atoms with Crippen molar-refractivity contribution in [3.8, 4) is 0 Å². The number of hydrogen-bond donors (Lipinski definition) is 1. The Kier molecular flexibility index (Phi) is 7.92. The minimum absolute atomic E-state index is 0.390. The van der Waals surface area contributed by atoms with Crippen molar-refractivity contribution in [1.82, 2.24) is 10.2 Å². The Bertz CT molecular complexity index is 264. The Morgan fingerprint density at radius 3 is 2.55 bits per heavy atom. The normalized spacial score (nSPS) is 26.4. The van der Waals surface area contributed by atoms with E-state index in [0.717, 1.165) is 26.1 Å². The van der Waals surface area contributed by atoms with E-state index in [9.17, 15) is 8.78 Å². The fourth-order valence-corrected chi connectivity index (χ4v) is 2.79. The second-order valence-corrected chi connectivity index (χ2v) is 6.17. The third-order valence-electron chi connectivity index (χ3n) is 4.36. The van der Waals surface area contributed by atoms with Gasteiger partial charge in [0.15, 0.2) is 0 Å². The molecule has 0 amide bonds. The summed E-state index contributed by atoms with van der Waals surface area (Å²) < 4.78 is 29.2. The molecule has 3 nitrogen and oxygen atoms in total.